The van der Waals surface area contributed by atoms with E-state index in [-0.39, 0.29) is 30.3 Å². The standard InChI is InChI=1S/C58H42BN3Si/c1-6-21-44(22-7-1)58-60-55(43-37-39-47(40-38-43)62-57-36-19-17-34-53(57)52-33-16-18-35-54(52)59(62)46-24-8-2-9-25-46)42-56(61-58)45-23-20-32-51(41-45)63(48-26-10-3-11-27-48,49-28-12-4-13-29-49)50-30-14-5-15-31-50/h1-42H/i1D,6D,7D,21D,22D. The highest BCUT2D eigenvalue weighted by Gasteiger charge is 2.41. The zero-order chi connectivity index (χ0) is 46.4. The summed E-state index contributed by atoms with van der Waals surface area (Å²) in [6.07, 6.45) is 0. The Labute approximate surface area is 377 Å². The van der Waals surface area contributed by atoms with Crippen LogP contribution in [0.15, 0.2) is 255 Å². The molecule has 0 unspecified atom stereocenters. The zero-order valence-electron chi connectivity index (χ0n) is 39.3. The minimum absolute atomic E-state index is 0.0485. The Morgan fingerprint density at radius 3 is 1.57 bits per heavy atom. The molecule has 0 fully saturated rings. The summed E-state index contributed by atoms with van der Waals surface area (Å²) in [5.41, 5.74) is 9.49. The van der Waals surface area contributed by atoms with Crippen molar-refractivity contribution >= 4 is 58.0 Å². The van der Waals surface area contributed by atoms with Crippen LogP contribution in [0.25, 0.3) is 45.0 Å². The zero-order valence-corrected chi connectivity index (χ0v) is 35.3. The highest BCUT2D eigenvalue weighted by Crippen LogP contribution is 2.40. The van der Waals surface area contributed by atoms with Crippen molar-refractivity contribution in [3.8, 4) is 45.0 Å². The first-order valence-corrected chi connectivity index (χ1v) is 23.2. The summed E-state index contributed by atoms with van der Waals surface area (Å²) in [6.45, 7) is -0.0971. The fourth-order valence-electron chi connectivity index (χ4n) is 9.41. The number of para-hydroxylation sites is 1. The molecule has 0 aliphatic carbocycles. The molecule has 0 N–H and O–H groups in total. The van der Waals surface area contributed by atoms with Gasteiger partial charge in [-0.2, -0.15) is 0 Å². The molecule has 9 aromatic carbocycles. The molecule has 0 radical (unpaired) electrons. The van der Waals surface area contributed by atoms with E-state index in [1.54, 1.807) is 0 Å². The van der Waals surface area contributed by atoms with E-state index in [4.69, 9.17) is 16.8 Å². The summed E-state index contributed by atoms with van der Waals surface area (Å²) in [4.78, 5) is 12.5. The van der Waals surface area contributed by atoms with Gasteiger partial charge in [0.05, 0.1) is 18.2 Å². The van der Waals surface area contributed by atoms with E-state index in [2.05, 4.69) is 199 Å². The third-order valence-corrected chi connectivity index (χ3v) is 17.0. The van der Waals surface area contributed by atoms with Crippen LogP contribution in [0.2, 0.25) is 0 Å². The number of hydrogen-bond acceptors (Lipinski definition) is 3. The number of anilines is 2. The van der Waals surface area contributed by atoms with Crippen LogP contribution in [0, 0.1) is 0 Å². The Balaban J connectivity index is 1.10. The molecule has 3 nitrogen and oxygen atoms in total. The summed E-state index contributed by atoms with van der Waals surface area (Å²) < 4.78 is 43.6. The molecule has 0 saturated carbocycles. The van der Waals surface area contributed by atoms with Crippen LogP contribution in [0.3, 0.4) is 0 Å². The lowest BCUT2D eigenvalue weighted by atomic mass is 9.46. The van der Waals surface area contributed by atoms with Crippen molar-refractivity contribution in [1.29, 1.82) is 0 Å². The number of benzene rings is 9. The summed E-state index contributed by atoms with van der Waals surface area (Å²) >= 11 is 0. The predicted molar refractivity (Wildman–Crippen MR) is 267 cm³/mol. The van der Waals surface area contributed by atoms with Crippen LogP contribution in [0.4, 0.5) is 11.4 Å². The van der Waals surface area contributed by atoms with Gasteiger partial charge in [-0.15, -0.1) is 0 Å². The highest BCUT2D eigenvalue weighted by atomic mass is 28.3. The van der Waals surface area contributed by atoms with Crippen LogP contribution in [-0.2, 0) is 0 Å². The van der Waals surface area contributed by atoms with Crippen LogP contribution in [-0.4, -0.2) is 24.9 Å². The molecule has 10 aromatic rings. The average molecular weight is 825 g/mol. The number of fused-ring (bicyclic) bond motifs is 3. The number of rotatable bonds is 9. The summed E-state index contributed by atoms with van der Waals surface area (Å²) in [5.74, 6) is 0.0485. The van der Waals surface area contributed by atoms with Crippen molar-refractivity contribution in [3.05, 3.63) is 255 Å². The Bertz CT molecular complexity index is 3350. The van der Waals surface area contributed by atoms with Gasteiger partial charge in [-0.1, -0.05) is 236 Å². The minimum Gasteiger partial charge on any atom is -0.376 e. The fourth-order valence-corrected chi connectivity index (χ4v) is 14.2. The summed E-state index contributed by atoms with van der Waals surface area (Å²) in [7, 11) is -2.94. The molecule has 0 saturated heterocycles. The van der Waals surface area contributed by atoms with Crippen LogP contribution in [0.5, 0.6) is 0 Å². The average Bonchev–Trinajstić information content (AvgIpc) is 3.41. The second-order valence-corrected chi connectivity index (χ2v) is 19.5. The molecule has 5 heteroatoms. The first-order valence-electron chi connectivity index (χ1n) is 23.7. The quantitative estimate of drug-likeness (QED) is 0.107. The van der Waals surface area contributed by atoms with Crippen molar-refractivity contribution in [3.63, 3.8) is 0 Å². The second-order valence-electron chi connectivity index (χ2n) is 15.7. The third kappa shape index (κ3) is 6.89. The van der Waals surface area contributed by atoms with Gasteiger partial charge >= 0.3 is 6.85 Å². The van der Waals surface area contributed by atoms with E-state index in [0.717, 1.165) is 33.3 Å². The summed E-state index contributed by atoms with van der Waals surface area (Å²) in [5, 5.41) is 4.83. The number of hydrogen-bond donors (Lipinski definition) is 0. The first kappa shape index (κ1) is 32.9. The van der Waals surface area contributed by atoms with Crippen molar-refractivity contribution in [2.24, 2.45) is 0 Å². The van der Waals surface area contributed by atoms with Gasteiger partial charge in [-0.3, -0.25) is 0 Å². The number of aromatic nitrogens is 2. The van der Waals surface area contributed by atoms with Gasteiger partial charge in [-0.25, -0.2) is 9.97 Å². The molecule has 1 aliphatic heterocycles. The lowest BCUT2D eigenvalue weighted by Crippen LogP contribution is -2.74. The molecular formula is C58H42BN3Si. The van der Waals surface area contributed by atoms with Gasteiger partial charge in [0, 0.05) is 33.6 Å². The monoisotopic (exact) mass is 824 g/mol. The maximum atomic E-state index is 9.02. The van der Waals surface area contributed by atoms with Crippen molar-refractivity contribution in [2.45, 2.75) is 0 Å². The Hall–Kier alpha value is -7.86. The Kier molecular flexibility index (Phi) is 8.63. The van der Waals surface area contributed by atoms with Crippen molar-refractivity contribution in [2.75, 3.05) is 4.81 Å². The van der Waals surface area contributed by atoms with E-state index < -0.39 is 26.2 Å². The topological polar surface area (TPSA) is 29.0 Å². The van der Waals surface area contributed by atoms with Crippen LogP contribution in [0.1, 0.15) is 6.85 Å². The highest BCUT2D eigenvalue weighted by molar-refractivity contribution is 7.19. The van der Waals surface area contributed by atoms with E-state index in [9.17, 15) is 0 Å². The SMILES string of the molecule is [2H]c1c([2H])c([2H])c(-c2nc(-c3ccc(N4B(c5ccccc5)c5ccccc5-c5ccccc54)cc3)cc(-c3cccc([Si](c4ccccc4)(c4ccccc4)c4ccccc4)c3)n2)c([2H])c1[2H]. The Morgan fingerprint density at radius 1 is 0.413 bits per heavy atom. The molecule has 0 amide bonds. The molecule has 1 aromatic heterocycles. The van der Waals surface area contributed by atoms with Gasteiger partial charge in [-0.05, 0) is 56.0 Å². The normalized spacial score (nSPS) is 13.2. The van der Waals surface area contributed by atoms with Crippen LogP contribution >= 0.6 is 0 Å². The van der Waals surface area contributed by atoms with Crippen LogP contribution < -0.4 is 36.5 Å². The first-order chi connectivity index (χ1) is 33.3. The van der Waals surface area contributed by atoms with Crippen molar-refractivity contribution in [1.82, 2.24) is 9.97 Å². The second kappa shape index (κ2) is 16.5. The van der Waals surface area contributed by atoms with E-state index in [0.29, 0.717) is 11.4 Å². The summed E-state index contributed by atoms with van der Waals surface area (Å²) in [6, 6.07) is 76.6. The lowest BCUT2D eigenvalue weighted by molar-refractivity contribution is 1.18. The molecule has 0 bridgehead atoms. The fraction of sp³-hybridized carbons (Fsp3) is 0. The minimum atomic E-state index is -2.94. The van der Waals surface area contributed by atoms with Gasteiger partial charge < -0.3 is 4.81 Å². The molecule has 296 valence electrons. The molecule has 0 spiro atoms. The van der Waals surface area contributed by atoms with E-state index in [1.165, 1.54) is 32.0 Å². The third-order valence-electron chi connectivity index (χ3n) is 12.2. The number of nitrogens with zero attached hydrogens (tertiary/aromatic N) is 3. The predicted octanol–water partition coefficient (Wildman–Crippen LogP) is 9.78. The van der Waals surface area contributed by atoms with Gasteiger partial charge in [0.2, 0.25) is 0 Å². The smallest absolute Gasteiger partial charge is 0.328 e. The molecule has 11 rings (SSSR count). The largest absolute Gasteiger partial charge is 0.376 e. The molecule has 63 heavy (non-hydrogen) atoms. The maximum absolute atomic E-state index is 9.02. The van der Waals surface area contributed by atoms with Crippen molar-refractivity contribution < 1.29 is 6.85 Å². The molecular weight excluding hydrogens is 778 g/mol. The molecule has 0 atom stereocenters. The van der Waals surface area contributed by atoms with Gasteiger partial charge in [0.1, 0.15) is 0 Å². The van der Waals surface area contributed by atoms with Gasteiger partial charge in [0.15, 0.2) is 13.9 Å². The Morgan fingerprint density at radius 2 is 0.937 bits per heavy atom. The lowest BCUT2D eigenvalue weighted by Gasteiger charge is -2.39. The maximum Gasteiger partial charge on any atom is 0.328 e. The van der Waals surface area contributed by atoms with Gasteiger partial charge in [0.25, 0.3) is 0 Å². The van der Waals surface area contributed by atoms with E-state index in [1.807, 2.05) is 30.3 Å². The molecule has 2 heterocycles. The molecule has 1 aliphatic rings. The van der Waals surface area contributed by atoms with E-state index >= 15 is 0 Å².